The fraction of sp³-hybridized carbons (Fsp3) is 0.818. The molecule has 0 aliphatic carbocycles. The number of amides is 2. The van der Waals surface area contributed by atoms with Gasteiger partial charge in [-0.1, -0.05) is 13.8 Å². The second kappa shape index (κ2) is 8.10. The fourth-order valence-corrected chi connectivity index (χ4v) is 1.78. The van der Waals surface area contributed by atoms with E-state index >= 15 is 0 Å². The summed E-state index contributed by atoms with van der Waals surface area (Å²) in [6.45, 7) is 5.74. The van der Waals surface area contributed by atoms with Crippen LogP contribution < -0.4 is 11.5 Å². The maximum atomic E-state index is 11.3. The van der Waals surface area contributed by atoms with E-state index in [0.717, 1.165) is 25.9 Å². The molecule has 0 bridgehead atoms. The zero-order valence-corrected chi connectivity index (χ0v) is 10.2. The summed E-state index contributed by atoms with van der Waals surface area (Å²) in [5, 5.41) is 0. The molecule has 0 aliphatic heterocycles. The number of nitrogens with two attached hydrogens (primary N) is 2. The first-order valence-electron chi connectivity index (χ1n) is 5.84. The van der Waals surface area contributed by atoms with Crippen molar-refractivity contribution in [2.75, 3.05) is 13.1 Å². The Morgan fingerprint density at radius 3 is 1.94 bits per heavy atom. The highest BCUT2D eigenvalue weighted by Crippen LogP contribution is 2.08. The lowest BCUT2D eigenvalue weighted by Crippen LogP contribution is -2.46. The number of carbonyl (C=O) groups excluding carboxylic acids is 2. The molecule has 0 fully saturated rings. The van der Waals surface area contributed by atoms with Crippen LogP contribution in [0.15, 0.2) is 0 Å². The summed E-state index contributed by atoms with van der Waals surface area (Å²) in [6, 6.07) is -0.368. The Morgan fingerprint density at radius 1 is 1.12 bits per heavy atom. The van der Waals surface area contributed by atoms with E-state index in [4.69, 9.17) is 11.5 Å². The van der Waals surface area contributed by atoms with Crippen LogP contribution in [0.4, 0.5) is 0 Å². The molecule has 0 rings (SSSR count). The normalized spacial score (nSPS) is 12.7. The van der Waals surface area contributed by atoms with Crippen LogP contribution in [0.2, 0.25) is 0 Å². The molecule has 1 atom stereocenters. The van der Waals surface area contributed by atoms with E-state index in [-0.39, 0.29) is 24.3 Å². The van der Waals surface area contributed by atoms with Crippen molar-refractivity contribution >= 4 is 11.8 Å². The van der Waals surface area contributed by atoms with E-state index in [9.17, 15) is 9.59 Å². The lowest BCUT2D eigenvalue weighted by molar-refractivity contribution is -0.124. The third-order valence-corrected chi connectivity index (χ3v) is 2.46. The molecule has 0 saturated carbocycles. The molecule has 0 aliphatic rings. The van der Waals surface area contributed by atoms with Crippen molar-refractivity contribution in [2.24, 2.45) is 11.5 Å². The van der Waals surface area contributed by atoms with Crippen LogP contribution in [-0.2, 0) is 9.59 Å². The van der Waals surface area contributed by atoms with Crippen molar-refractivity contribution in [2.45, 2.75) is 45.6 Å². The van der Waals surface area contributed by atoms with Gasteiger partial charge in [0.1, 0.15) is 0 Å². The molecule has 0 aromatic heterocycles. The van der Waals surface area contributed by atoms with E-state index in [1.807, 2.05) is 4.90 Å². The van der Waals surface area contributed by atoms with E-state index in [1.54, 1.807) is 0 Å². The molecule has 0 spiro atoms. The topological polar surface area (TPSA) is 89.4 Å². The molecule has 0 heterocycles. The summed E-state index contributed by atoms with van der Waals surface area (Å²) < 4.78 is 0. The van der Waals surface area contributed by atoms with Crippen molar-refractivity contribution in [3.05, 3.63) is 0 Å². The number of nitrogens with zero attached hydrogens (tertiary/aromatic N) is 1. The van der Waals surface area contributed by atoms with Crippen LogP contribution in [0, 0.1) is 0 Å². The van der Waals surface area contributed by atoms with Gasteiger partial charge in [-0.25, -0.2) is 0 Å². The Morgan fingerprint density at radius 2 is 1.62 bits per heavy atom. The lowest BCUT2D eigenvalue weighted by atomic mass is 10.1. The second-order valence-electron chi connectivity index (χ2n) is 3.96. The standard InChI is InChI=1S/C11H23N3O2/c1-3-7-14(8-4-2)9(11(13)16)5-6-10(12)15/h9H,3-8H2,1-2H3,(H2,12,15)(H2,13,16)/t9-/m0/s1. The minimum absolute atomic E-state index is 0.206. The zero-order chi connectivity index (χ0) is 12.6. The van der Waals surface area contributed by atoms with Crippen LogP contribution in [0.5, 0.6) is 0 Å². The summed E-state index contributed by atoms with van der Waals surface area (Å²) in [4.78, 5) is 24.1. The van der Waals surface area contributed by atoms with E-state index in [1.165, 1.54) is 0 Å². The predicted octanol–water partition coefficient (Wildman–Crippen LogP) is 0.228. The fourth-order valence-electron chi connectivity index (χ4n) is 1.78. The lowest BCUT2D eigenvalue weighted by Gasteiger charge is -2.28. The minimum atomic E-state index is -0.390. The van der Waals surface area contributed by atoms with Crippen LogP contribution >= 0.6 is 0 Å². The van der Waals surface area contributed by atoms with Gasteiger partial charge in [-0.3, -0.25) is 14.5 Å². The summed E-state index contributed by atoms with van der Waals surface area (Å²) >= 11 is 0. The van der Waals surface area contributed by atoms with Gasteiger partial charge in [0.15, 0.2) is 0 Å². The van der Waals surface area contributed by atoms with Gasteiger partial charge in [0, 0.05) is 6.42 Å². The van der Waals surface area contributed by atoms with Crippen LogP contribution in [0.3, 0.4) is 0 Å². The van der Waals surface area contributed by atoms with Crippen molar-refractivity contribution < 1.29 is 9.59 Å². The van der Waals surface area contributed by atoms with Gasteiger partial charge in [0.2, 0.25) is 11.8 Å². The first kappa shape index (κ1) is 14.9. The first-order chi connectivity index (χ1) is 7.52. The average molecular weight is 229 g/mol. The molecule has 94 valence electrons. The molecule has 0 aromatic carbocycles. The summed E-state index contributed by atoms with van der Waals surface area (Å²) in [5.74, 6) is -0.762. The van der Waals surface area contributed by atoms with Gasteiger partial charge in [0.25, 0.3) is 0 Å². The Hall–Kier alpha value is -1.10. The highest BCUT2D eigenvalue weighted by Gasteiger charge is 2.22. The van der Waals surface area contributed by atoms with Crippen LogP contribution in [0.1, 0.15) is 39.5 Å². The maximum Gasteiger partial charge on any atom is 0.234 e. The molecule has 16 heavy (non-hydrogen) atoms. The molecule has 0 unspecified atom stereocenters. The molecule has 0 saturated heterocycles. The van der Waals surface area contributed by atoms with Crippen molar-refractivity contribution in [1.82, 2.24) is 4.90 Å². The van der Waals surface area contributed by atoms with Crippen molar-refractivity contribution in [3.63, 3.8) is 0 Å². The zero-order valence-electron chi connectivity index (χ0n) is 10.2. The van der Waals surface area contributed by atoms with Gasteiger partial charge >= 0.3 is 0 Å². The van der Waals surface area contributed by atoms with Crippen molar-refractivity contribution in [3.8, 4) is 0 Å². The van der Waals surface area contributed by atoms with Gasteiger partial charge < -0.3 is 11.5 Å². The number of primary amides is 2. The molecular formula is C11H23N3O2. The Labute approximate surface area is 97.2 Å². The average Bonchev–Trinajstić information content (AvgIpc) is 2.17. The van der Waals surface area contributed by atoms with Gasteiger partial charge in [-0.05, 0) is 32.4 Å². The largest absolute Gasteiger partial charge is 0.370 e. The number of hydrogen-bond donors (Lipinski definition) is 2. The van der Waals surface area contributed by atoms with Gasteiger partial charge in [0.05, 0.1) is 6.04 Å². The van der Waals surface area contributed by atoms with Crippen LogP contribution in [-0.4, -0.2) is 35.8 Å². The maximum absolute atomic E-state index is 11.3. The third-order valence-electron chi connectivity index (χ3n) is 2.46. The highest BCUT2D eigenvalue weighted by molar-refractivity contribution is 5.81. The number of rotatable bonds is 9. The Balaban J connectivity index is 4.43. The number of hydrogen-bond acceptors (Lipinski definition) is 3. The second-order valence-corrected chi connectivity index (χ2v) is 3.96. The first-order valence-corrected chi connectivity index (χ1v) is 5.84. The quantitative estimate of drug-likeness (QED) is 0.593. The molecule has 5 nitrogen and oxygen atoms in total. The van der Waals surface area contributed by atoms with Gasteiger partial charge in [-0.2, -0.15) is 0 Å². The SMILES string of the molecule is CCCN(CCC)[C@@H](CCC(N)=O)C(N)=O. The summed E-state index contributed by atoms with van der Waals surface area (Å²) in [7, 11) is 0. The molecule has 0 aromatic rings. The third kappa shape index (κ3) is 5.70. The Kier molecular flexibility index (Phi) is 7.54. The van der Waals surface area contributed by atoms with Crippen LogP contribution in [0.25, 0.3) is 0 Å². The molecular weight excluding hydrogens is 206 g/mol. The summed E-state index contributed by atoms with van der Waals surface area (Å²) in [6.07, 6.45) is 2.54. The molecule has 2 amide bonds. The van der Waals surface area contributed by atoms with E-state index in [2.05, 4.69) is 13.8 Å². The molecule has 4 N–H and O–H groups in total. The smallest absolute Gasteiger partial charge is 0.234 e. The monoisotopic (exact) mass is 229 g/mol. The highest BCUT2D eigenvalue weighted by atomic mass is 16.2. The molecule has 5 heteroatoms. The Bertz CT molecular complexity index is 225. The predicted molar refractivity (Wildman–Crippen MR) is 63.6 cm³/mol. The number of carbonyl (C=O) groups is 2. The van der Waals surface area contributed by atoms with E-state index < -0.39 is 0 Å². The van der Waals surface area contributed by atoms with Crippen molar-refractivity contribution in [1.29, 1.82) is 0 Å². The molecule has 0 radical (unpaired) electrons. The minimum Gasteiger partial charge on any atom is -0.370 e. The van der Waals surface area contributed by atoms with Gasteiger partial charge in [-0.15, -0.1) is 0 Å². The summed E-state index contributed by atoms with van der Waals surface area (Å²) in [5.41, 5.74) is 10.4. The van der Waals surface area contributed by atoms with E-state index in [0.29, 0.717) is 6.42 Å².